The fraction of sp³-hybridized carbons (Fsp3) is 0.692. The van der Waals surface area contributed by atoms with Crippen LogP contribution in [0, 0.1) is 23.7 Å². The molecule has 0 amide bonds. The van der Waals surface area contributed by atoms with Gasteiger partial charge in [0.25, 0.3) is 0 Å². The maximum Gasteiger partial charge on any atom is 0.321 e. The van der Waals surface area contributed by atoms with Crippen LogP contribution in [0.15, 0.2) is 0 Å². The van der Waals surface area contributed by atoms with Crippen molar-refractivity contribution in [2.24, 2.45) is 11.8 Å². The van der Waals surface area contributed by atoms with Gasteiger partial charge in [-0.3, -0.25) is 9.59 Å². The third-order valence-corrected chi connectivity index (χ3v) is 2.09. The largest absolute Gasteiger partial charge is 0.465 e. The summed E-state index contributed by atoms with van der Waals surface area (Å²) in [5.41, 5.74) is 0. The van der Waals surface area contributed by atoms with E-state index in [9.17, 15) is 9.59 Å². The topological polar surface area (TPSA) is 52.6 Å². The van der Waals surface area contributed by atoms with Gasteiger partial charge in [0.05, 0.1) is 13.2 Å². The van der Waals surface area contributed by atoms with Crippen molar-refractivity contribution in [1.29, 1.82) is 0 Å². The molecular weight excluding hydrogens is 220 g/mol. The van der Waals surface area contributed by atoms with Crippen molar-refractivity contribution in [3.05, 3.63) is 0 Å². The van der Waals surface area contributed by atoms with Crippen LogP contribution in [0.2, 0.25) is 0 Å². The van der Waals surface area contributed by atoms with Crippen molar-refractivity contribution in [3.63, 3.8) is 0 Å². The molecule has 17 heavy (non-hydrogen) atoms. The van der Waals surface area contributed by atoms with E-state index in [0.29, 0.717) is 6.42 Å². The van der Waals surface area contributed by atoms with Gasteiger partial charge < -0.3 is 9.47 Å². The lowest BCUT2D eigenvalue weighted by Crippen LogP contribution is -2.32. The van der Waals surface area contributed by atoms with Gasteiger partial charge in [-0.05, 0) is 20.8 Å². The van der Waals surface area contributed by atoms with Gasteiger partial charge in [0.2, 0.25) is 0 Å². The van der Waals surface area contributed by atoms with E-state index in [1.807, 2.05) is 6.92 Å². The molecule has 1 atom stereocenters. The molecule has 0 aliphatic rings. The van der Waals surface area contributed by atoms with Crippen molar-refractivity contribution in [2.45, 2.75) is 34.1 Å². The van der Waals surface area contributed by atoms with Gasteiger partial charge in [-0.25, -0.2) is 0 Å². The van der Waals surface area contributed by atoms with E-state index in [2.05, 4.69) is 11.8 Å². The molecule has 0 bridgehead atoms. The second-order valence-corrected chi connectivity index (χ2v) is 3.45. The van der Waals surface area contributed by atoms with Crippen LogP contribution in [-0.4, -0.2) is 25.2 Å². The van der Waals surface area contributed by atoms with Gasteiger partial charge in [-0.2, -0.15) is 0 Å². The molecule has 0 unspecified atom stereocenters. The number of carbonyl (C=O) groups is 2. The van der Waals surface area contributed by atoms with E-state index in [1.165, 1.54) is 0 Å². The van der Waals surface area contributed by atoms with Crippen LogP contribution in [0.4, 0.5) is 0 Å². The van der Waals surface area contributed by atoms with Crippen molar-refractivity contribution < 1.29 is 19.1 Å². The highest BCUT2D eigenvalue weighted by molar-refractivity contribution is 5.95. The van der Waals surface area contributed by atoms with Crippen LogP contribution in [0.25, 0.3) is 0 Å². The lowest BCUT2D eigenvalue weighted by molar-refractivity contribution is -0.163. The van der Waals surface area contributed by atoms with Crippen LogP contribution in [0.5, 0.6) is 0 Å². The molecule has 0 aromatic heterocycles. The Morgan fingerprint density at radius 3 is 1.88 bits per heavy atom. The number of esters is 2. The normalized spacial score (nSPS) is 11.4. The van der Waals surface area contributed by atoms with E-state index in [0.717, 1.165) is 0 Å². The maximum atomic E-state index is 11.7. The lowest BCUT2D eigenvalue weighted by Gasteiger charge is -2.16. The Labute approximate surface area is 103 Å². The second-order valence-electron chi connectivity index (χ2n) is 3.45. The Bertz CT molecular complexity index is 293. The third-order valence-electron chi connectivity index (χ3n) is 2.09. The predicted molar refractivity (Wildman–Crippen MR) is 64.0 cm³/mol. The highest BCUT2D eigenvalue weighted by Gasteiger charge is 2.34. The highest BCUT2D eigenvalue weighted by atomic mass is 16.6. The first kappa shape index (κ1) is 15.5. The minimum atomic E-state index is -0.950. The Morgan fingerprint density at radius 2 is 1.53 bits per heavy atom. The average Bonchev–Trinajstić information content (AvgIpc) is 2.27. The molecule has 0 N–H and O–H groups in total. The molecule has 0 saturated heterocycles. The predicted octanol–water partition coefficient (Wildman–Crippen LogP) is 1.78. The zero-order valence-corrected chi connectivity index (χ0v) is 10.9. The lowest BCUT2D eigenvalue weighted by atomic mass is 9.94. The summed E-state index contributed by atoms with van der Waals surface area (Å²) in [7, 11) is 0. The first-order valence-corrected chi connectivity index (χ1v) is 5.90. The molecule has 96 valence electrons. The molecule has 4 nitrogen and oxygen atoms in total. The summed E-state index contributed by atoms with van der Waals surface area (Å²) < 4.78 is 9.73. The number of hydrogen-bond acceptors (Lipinski definition) is 4. The average molecular weight is 240 g/mol. The summed E-state index contributed by atoms with van der Waals surface area (Å²) in [6, 6.07) is 0. The molecule has 0 fully saturated rings. The standard InChI is InChI=1S/C13H20O4/c1-5-8-9-10(4)11(12(14)16-6-2)13(15)17-7-3/h10-11H,5-7H2,1-4H3/t10-/m1/s1. The number of carbonyl (C=O) groups excluding carboxylic acids is 2. The van der Waals surface area contributed by atoms with E-state index in [-0.39, 0.29) is 13.2 Å². The van der Waals surface area contributed by atoms with Gasteiger partial charge in [-0.15, -0.1) is 5.92 Å². The summed E-state index contributed by atoms with van der Waals surface area (Å²) in [5, 5.41) is 0. The van der Waals surface area contributed by atoms with Crippen molar-refractivity contribution in [1.82, 2.24) is 0 Å². The zero-order chi connectivity index (χ0) is 13.3. The molecule has 0 radical (unpaired) electrons. The molecule has 0 aliphatic heterocycles. The summed E-state index contributed by atoms with van der Waals surface area (Å²) in [6.45, 7) is 7.50. The van der Waals surface area contributed by atoms with Crippen LogP contribution in [-0.2, 0) is 19.1 Å². The minimum absolute atomic E-state index is 0.239. The highest BCUT2D eigenvalue weighted by Crippen LogP contribution is 2.15. The number of hydrogen-bond donors (Lipinski definition) is 0. The van der Waals surface area contributed by atoms with Gasteiger partial charge in [0.1, 0.15) is 0 Å². The van der Waals surface area contributed by atoms with Crippen molar-refractivity contribution in [2.75, 3.05) is 13.2 Å². The summed E-state index contributed by atoms with van der Waals surface area (Å²) in [4.78, 5) is 23.3. The van der Waals surface area contributed by atoms with E-state index in [4.69, 9.17) is 9.47 Å². The number of rotatable bonds is 5. The Kier molecular flexibility index (Phi) is 7.87. The Hall–Kier alpha value is -1.50. The van der Waals surface area contributed by atoms with Gasteiger partial charge >= 0.3 is 11.9 Å². The monoisotopic (exact) mass is 240 g/mol. The number of ether oxygens (including phenoxy) is 2. The molecule has 0 aliphatic carbocycles. The third kappa shape index (κ3) is 5.39. The molecular formula is C13H20O4. The molecule has 0 spiro atoms. The summed E-state index contributed by atoms with van der Waals surface area (Å²) in [5.74, 6) is 3.24. The quantitative estimate of drug-likeness (QED) is 0.417. The molecule has 0 aromatic rings. The van der Waals surface area contributed by atoms with Crippen LogP contribution >= 0.6 is 0 Å². The van der Waals surface area contributed by atoms with Crippen LogP contribution in [0.3, 0.4) is 0 Å². The fourth-order valence-corrected chi connectivity index (χ4v) is 1.31. The SMILES string of the molecule is CCC#C[C@@H](C)C(C(=O)OCC)C(=O)OCC. The van der Waals surface area contributed by atoms with Gasteiger partial charge in [-0.1, -0.05) is 12.8 Å². The first-order chi connectivity index (χ1) is 8.08. The van der Waals surface area contributed by atoms with Crippen LogP contribution < -0.4 is 0 Å². The summed E-state index contributed by atoms with van der Waals surface area (Å²) in [6.07, 6.45) is 0.683. The Morgan fingerprint density at radius 1 is 1.06 bits per heavy atom. The second kappa shape index (κ2) is 8.63. The summed E-state index contributed by atoms with van der Waals surface area (Å²) >= 11 is 0. The van der Waals surface area contributed by atoms with Crippen molar-refractivity contribution >= 4 is 11.9 Å². The first-order valence-electron chi connectivity index (χ1n) is 5.90. The van der Waals surface area contributed by atoms with Crippen molar-refractivity contribution in [3.8, 4) is 11.8 Å². The van der Waals surface area contributed by atoms with E-state index in [1.54, 1.807) is 20.8 Å². The molecule has 0 rings (SSSR count). The van der Waals surface area contributed by atoms with Gasteiger partial charge in [0, 0.05) is 12.3 Å². The Balaban J connectivity index is 4.83. The smallest absolute Gasteiger partial charge is 0.321 e. The fourth-order valence-electron chi connectivity index (χ4n) is 1.31. The molecule has 4 heteroatoms. The maximum absolute atomic E-state index is 11.7. The van der Waals surface area contributed by atoms with E-state index < -0.39 is 23.8 Å². The molecule has 0 aromatic carbocycles. The zero-order valence-electron chi connectivity index (χ0n) is 10.9. The minimum Gasteiger partial charge on any atom is -0.465 e. The molecule has 0 saturated carbocycles. The van der Waals surface area contributed by atoms with E-state index >= 15 is 0 Å². The molecule has 0 heterocycles. The van der Waals surface area contributed by atoms with Crippen LogP contribution in [0.1, 0.15) is 34.1 Å². The van der Waals surface area contributed by atoms with Gasteiger partial charge in [0.15, 0.2) is 5.92 Å².